The SMILES string of the molecule is COc1ccc(/C=C/C(=O)NC(C)(CO)CO)cc1. The van der Waals surface area contributed by atoms with Crippen LogP contribution in [-0.4, -0.2) is 42.0 Å². The Labute approximate surface area is 112 Å². The largest absolute Gasteiger partial charge is 0.497 e. The maximum atomic E-state index is 11.6. The number of hydrogen-bond acceptors (Lipinski definition) is 4. The van der Waals surface area contributed by atoms with Crippen LogP contribution in [0.3, 0.4) is 0 Å². The summed E-state index contributed by atoms with van der Waals surface area (Å²) in [5.74, 6) is 0.371. The first kappa shape index (κ1) is 15.2. The fourth-order valence-electron chi connectivity index (χ4n) is 1.36. The minimum atomic E-state index is -1.01. The number of nitrogens with one attached hydrogen (secondary N) is 1. The van der Waals surface area contributed by atoms with E-state index in [0.29, 0.717) is 0 Å². The van der Waals surface area contributed by atoms with Gasteiger partial charge >= 0.3 is 0 Å². The minimum Gasteiger partial charge on any atom is -0.497 e. The molecule has 0 bridgehead atoms. The average Bonchev–Trinajstić information content (AvgIpc) is 2.45. The minimum absolute atomic E-state index is 0.328. The lowest BCUT2D eigenvalue weighted by atomic mass is 10.1. The Morgan fingerprint density at radius 3 is 2.37 bits per heavy atom. The van der Waals surface area contributed by atoms with E-state index in [1.807, 2.05) is 12.1 Å². The van der Waals surface area contributed by atoms with Crippen molar-refractivity contribution < 1.29 is 19.7 Å². The monoisotopic (exact) mass is 265 g/mol. The van der Waals surface area contributed by atoms with Gasteiger partial charge < -0.3 is 20.3 Å². The van der Waals surface area contributed by atoms with E-state index >= 15 is 0 Å². The van der Waals surface area contributed by atoms with Crippen molar-refractivity contribution in [3.8, 4) is 5.75 Å². The number of carbonyl (C=O) groups is 1. The molecule has 0 saturated carbocycles. The van der Waals surface area contributed by atoms with Crippen LogP contribution in [0.25, 0.3) is 6.08 Å². The second kappa shape index (κ2) is 6.92. The predicted molar refractivity (Wildman–Crippen MR) is 72.7 cm³/mol. The molecule has 5 heteroatoms. The molecule has 0 aliphatic heterocycles. The van der Waals surface area contributed by atoms with Gasteiger partial charge in [-0.1, -0.05) is 12.1 Å². The van der Waals surface area contributed by atoms with E-state index in [4.69, 9.17) is 14.9 Å². The topological polar surface area (TPSA) is 78.8 Å². The Bertz CT molecular complexity index is 435. The zero-order valence-corrected chi connectivity index (χ0v) is 11.1. The third-order valence-corrected chi connectivity index (χ3v) is 2.67. The van der Waals surface area contributed by atoms with Crippen molar-refractivity contribution in [3.05, 3.63) is 35.9 Å². The van der Waals surface area contributed by atoms with Crippen LogP contribution in [0, 0.1) is 0 Å². The summed E-state index contributed by atoms with van der Waals surface area (Å²) in [5, 5.41) is 20.7. The van der Waals surface area contributed by atoms with E-state index in [2.05, 4.69) is 5.32 Å². The van der Waals surface area contributed by atoms with E-state index in [1.165, 1.54) is 6.08 Å². The highest BCUT2D eigenvalue weighted by Gasteiger charge is 2.23. The molecule has 1 rings (SSSR count). The van der Waals surface area contributed by atoms with Gasteiger partial charge in [-0.3, -0.25) is 4.79 Å². The van der Waals surface area contributed by atoms with Gasteiger partial charge in [0, 0.05) is 6.08 Å². The third kappa shape index (κ3) is 4.73. The number of methoxy groups -OCH3 is 1. The van der Waals surface area contributed by atoms with Crippen LogP contribution in [-0.2, 0) is 4.79 Å². The van der Waals surface area contributed by atoms with Crippen LogP contribution >= 0.6 is 0 Å². The molecule has 1 aromatic carbocycles. The van der Waals surface area contributed by atoms with Gasteiger partial charge in [-0.2, -0.15) is 0 Å². The summed E-state index contributed by atoms with van der Waals surface area (Å²) in [5.41, 5.74) is -0.160. The number of amides is 1. The highest BCUT2D eigenvalue weighted by molar-refractivity contribution is 5.92. The molecule has 0 aliphatic rings. The fraction of sp³-hybridized carbons (Fsp3) is 0.357. The summed E-state index contributed by atoms with van der Waals surface area (Å²) >= 11 is 0. The van der Waals surface area contributed by atoms with Crippen molar-refractivity contribution in [2.24, 2.45) is 0 Å². The molecule has 0 fully saturated rings. The molecule has 0 aliphatic carbocycles. The maximum Gasteiger partial charge on any atom is 0.244 e. The number of rotatable bonds is 6. The van der Waals surface area contributed by atoms with E-state index in [9.17, 15) is 4.79 Å². The van der Waals surface area contributed by atoms with Gasteiger partial charge in [0.1, 0.15) is 5.75 Å². The lowest BCUT2D eigenvalue weighted by molar-refractivity contribution is -0.119. The first-order chi connectivity index (χ1) is 9.03. The molecular formula is C14H19NO4. The highest BCUT2D eigenvalue weighted by Crippen LogP contribution is 2.12. The summed E-state index contributed by atoms with van der Waals surface area (Å²) < 4.78 is 5.03. The second-order valence-corrected chi connectivity index (χ2v) is 4.47. The van der Waals surface area contributed by atoms with Gasteiger partial charge in [0.05, 0.1) is 25.9 Å². The molecule has 0 atom stereocenters. The summed E-state index contributed by atoms with van der Waals surface area (Å²) in [6, 6.07) is 7.23. The number of carbonyl (C=O) groups excluding carboxylic acids is 1. The molecule has 5 nitrogen and oxygen atoms in total. The second-order valence-electron chi connectivity index (χ2n) is 4.47. The molecular weight excluding hydrogens is 246 g/mol. The summed E-state index contributed by atoms with van der Waals surface area (Å²) in [6.07, 6.45) is 3.00. The third-order valence-electron chi connectivity index (χ3n) is 2.67. The molecule has 0 unspecified atom stereocenters. The summed E-state index contributed by atoms with van der Waals surface area (Å²) in [7, 11) is 1.59. The van der Waals surface area contributed by atoms with E-state index in [0.717, 1.165) is 11.3 Å². The number of aliphatic hydroxyl groups is 2. The van der Waals surface area contributed by atoms with Crippen LogP contribution in [0.15, 0.2) is 30.3 Å². The predicted octanol–water partition coefficient (Wildman–Crippen LogP) is 0.568. The van der Waals surface area contributed by atoms with Gasteiger partial charge in [-0.25, -0.2) is 0 Å². The van der Waals surface area contributed by atoms with Gasteiger partial charge in [-0.05, 0) is 30.7 Å². The average molecular weight is 265 g/mol. The molecule has 1 amide bonds. The lowest BCUT2D eigenvalue weighted by Crippen LogP contribution is -2.51. The van der Waals surface area contributed by atoms with Gasteiger partial charge in [0.25, 0.3) is 0 Å². The molecule has 0 aromatic heterocycles. The van der Waals surface area contributed by atoms with Crippen LogP contribution in [0.1, 0.15) is 12.5 Å². The smallest absolute Gasteiger partial charge is 0.244 e. The normalized spacial score (nSPS) is 11.6. The van der Waals surface area contributed by atoms with Crippen molar-refractivity contribution in [3.63, 3.8) is 0 Å². The number of ether oxygens (including phenoxy) is 1. The number of benzene rings is 1. The molecule has 3 N–H and O–H groups in total. The van der Waals surface area contributed by atoms with Crippen molar-refractivity contribution in [1.82, 2.24) is 5.32 Å². The Kier molecular flexibility index (Phi) is 5.54. The summed E-state index contributed by atoms with van der Waals surface area (Å²) in [4.78, 5) is 11.6. The number of aliphatic hydroxyl groups excluding tert-OH is 2. The Morgan fingerprint density at radius 1 is 1.32 bits per heavy atom. The molecule has 0 saturated heterocycles. The Hall–Kier alpha value is -1.85. The molecule has 0 radical (unpaired) electrons. The molecule has 0 heterocycles. The Morgan fingerprint density at radius 2 is 1.89 bits per heavy atom. The quantitative estimate of drug-likeness (QED) is 0.657. The van der Waals surface area contributed by atoms with Crippen molar-refractivity contribution in [1.29, 1.82) is 0 Å². The van der Waals surface area contributed by atoms with Crippen molar-refractivity contribution in [2.45, 2.75) is 12.5 Å². The van der Waals surface area contributed by atoms with Gasteiger partial charge in [-0.15, -0.1) is 0 Å². The van der Waals surface area contributed by atoms with Crippen molar-refractivity contribution >= 4 is 12.0 Å². The van der Waals surface area contributed by atoms with E-state index in [1.54, 1.807) is 32.2 Å². The maximum absolute atomic E-state index is 11.6. The highest BCUT2D eigenvalue weighted by atomic mass is 16.5. The first-order valence-corrected chi connectivity index (χ1v) is 5.89. The van der Waals surface area contributed by atoms with Crippen molar-refractivity contribution in [2.75, 3.05) is 20.3 Å². The molecule has 104 valence electrons. The van der Waals surface area contributed by atoms with E-state index < -0.39 is 5.54 Å². The molecule has 19 heavy (non-hydrogen) atoms. The van der Waals surface area contributed by atoms with Crippen LogP contribution in [0.4, 0.5) is 0 Å². The van der Waals surface area contributed by atoms with Crippen LogP contribution in [0.5, 0.6) is 5.75 Å². The lowest BCUT2D eigenvalue weighted by Gasteiger charge is -2.25. The first-order valence-electron chi connectivity index (χ1n) is 5.89. The molecule has 1 aromatic rings. The molecule has 0 spiro atoms. The van der Waals surface area contributed by atoms with Crippen LogP contribution in [0.2, 0.25) is 0 Å². The standard InChI is InChI=1S/C14H19NO4/c1-14(9-16,10-17)15-13(18)8-5-11-3-6-12(19-2)7-4-11/h3-8,16-17H,9-10H2,1-2H3,(H,15,18)/b8-5+. The fourth-order valence-corrected chi connectivity index (χ4v) is 1.36. The van der Waals surface area contributed by atoms with Gasteiger partial charge in [0.15, 0.2) is 0 Å². The summed E-state index contributed by atoms with van der Waals surface area (Å²) in [6.45, 7) is 0.906. The number of hydrogen-bond donors (Lipinski definition) is 3. The van der Waals surface area contributed by atoms with Gasteiger partial charge in [0.2, 0.25) is 5.91 Å². The van der Waals surface area contributed by atoms with E-state index in [-0.39, 0.29) is 19.1 Å². The van der Waals surface area contributed by atoms with Crippen LogP contribution < -0.4 is 10.1 Å². The Balaban J connectivity index is 2.62. The zero-order valence-electron chi connectivity index (χ0n) is 11.1. The zero-order chi connectivity index (χ0) is 14.3.